The third-order valence-corrected chi connectivity index (χ3v) is 2.92. The van der Waals surface area contributed by atoms with Crippen LogP contribution in [-0.2, 0) is 0 Å². The number of hydrogen-bond acceptors (Lipinski definition) is 5. The van der Waals surface area contributed by atoms with Gasteiger partial charge in [-0.05, 0) is 0 Å². The summed E-state index contributed by atoms with van der Waals surface area (Å²) < 4.78 is 0. The van der Waals surface area contributed by atoms with Gasteiger partial charge in [-0.2, -0.15) is 0 Å². The molecule has 0 aromatic carbocycles. The molecule has 2 unspecified atom stereocenters. The van der Waals surface area contributed by atoms with E-state index in [1.54, 1.807) is 6.20 Å². The quantitative estimate of drug-likeness (QED) is 0.603. The van der Waals surface area contributed by atoms with Crippen molar-refractivity contribution in [3.8, 4) is 0 Å². The maximum Gasteiger partial charge on any atom is 0.116 e. The molecule has 3 heterocycles. The van der Waals surface area contributed by atoms with Crippen molar-refractivity contribution in [2.24, 2.45) is 0 Å². The van der Waals surface area contributed by atoms with Crippen LogP contribution in [-0.4, -0.2) is 50.5 Å². The average Bonchev–Trinajstić information content (AvgIpc) is 2.83. The van der Waals surface area contributed by atoms with Gasteiger partial charge in [-0.1, -0.05) is 0 Å². The monoisotopic (exact) mass is 220 g/mol. The molecule has 3 N–H and O–H groups in total. The van der Waals surface area contributed by atoms with Crippen LogP contribution in [0.4, 0.5) is 5.69 Å². The second kappa shape index (κ2) is 3.43. The number of aliphatic hydroxyl groups excluding tert-OH is 2. The van der Waals surface area contributed by atoms with Gasteiger partial charge in [0.25, 0.3) is 0 Å². The van der Waals surface area contributed by atoms with Gasteiger partial charge in [0.15, 0.2) is 0 Å². The molecule has 1 aliphatic rings. The standard InChI is InChI=1S/C10H12N4O2/c15-8-3-14(4-9(8)16)7-2-12-6-1-11-5-13-10(6)7/h1-2,5,8-9,12,15-16H,3-4H2. The molecule has 84 valence electrons. The Labute approximate surface area is 91.6 Å². The van der Waals surface area contributed by atoms with E-state index in [9.17, 15) is 10.2 Å². The Morgan fingerprint density at radius 3 is 2.81 bits per heavy atom. The number of nitrogens with one attached hydrogen (secondary N) is 1. The van der Waals surface area contributed by atoms with Gasteiger partial charge in [-0.3, -0.25) is 0 Å². The summed E-state index contributed by atoms with van der Waals surface area (Å²) in [6.45, 7) is 0.857. The van der Waals surface area contributed by atoms with Crippen molar-refractivity contribution in [1.29, 1.82) is 0 Å². The number of hydrogen-bond donors (Lipinski definition) is 3. The van der Waals surface area contributed by atoms with Crippen LogP contribution < -0.4 is 4.90 Å². The molecule has 0 amide bonds. The van der Waals surface area contributed by atoms with Crippen LogP contribution in [0.3, 0.4) is 0 Å². The van der Waals surface area contributed by atoms with Gasteiger partial charge in [0, 0.05) is 19.3 Å². The predicted octanol–water partition coefficient (Wildman–Crippen LogP) is -0.500. The number of aliphatic hydroxyl groups is 2. The van der Waals surface area contributed by atoms with Crippen LogP contribution in [0.2, 0.25) is 0 Å². The molecule has 2 aromatic rings. The van der Waals surface area contributed by atoms with Crippen LogP contribution in [0, 0.1) is 0 Å². The summed E-state index contributed by atoms with van der Waals surface area (Å²) in [7, 11) is 0. The van der Waals surface area contributed by atoms with E-state index in [0.717, 1.165) is 16.7 Å². The lowest BCUT2D eigenvalue weighted by Crippen LogP contribution is -2.22. The van der Waals surface area contributed by atoms with E-state index in [1.807, 2.05) is 11.1 Å². The minimum atomic E-state index is -0.688. The molecular weight excluding hydrogens is 208 g/mol. The average molecular weight is 220 g/mol. The lowest BCUT2D eigenvalue weighted by molar-refractivity contribution is 0.0572. The Morgan fingerprint density at radius 2 is 2.06 bits per heavy atom. The largest absolute Gasteiger partial charge is 0.389 e. The zero-order valence-electron chi connectivity index (χ0n) is 8.54. The van der Waals surface area contributed by atoms with E-state index >= 15 is 0 Å². The minimum absolute atomic E-state index is 0.429. The van der Waals surface area contributed by atoms with Crippen molar-refractivity contribution >= 4 is 16.7 Å². The Bertz CT molecular complexity index is 502. The van der Waals surface area contributed by atoms with Crippen molar-refractivity contribution in [1.82, 2.24) is 15.0 Å². The van der Waals surface area contributed by atoms with Crippen LogP contribution in [0.1, 0.15) is 0 Å². The number of rotatable bonds is 1. The molecule has 0 saturated carbocycles. The SMILES string of the molecule is OC1CN(c2c[nH]c3cncnc23)CC1O. The molecular formula is C10H12N4O2. The Morgan fingerprint density at radius 1 is 1.31 bits per heavy atom. The Hall–Kier alpha value is -1.66. The summed E-state index contributed by atoms with van der Waals surface area (Å²) in [5.41, 5.74) is 2.57. The summed E-state index contributed by atoms with van der Waals surface area (Å²) >= 11 is 0. The zero-order valence-corrected chi connectivity index (χ0v) is 8.54. The fourth-order valence-electron chi connectivity index (χ4n) is 2.06. The maximum atomic E-state index is 9.50. The van der Waals surface area contributed by atoms with Crippen LogP contribution >= 0.6 is 0 Å². The molecule has 1 fully saturated rings. The smallest absolute Gasteiger partial charge is 0.116 e. The highest BCUT2D eigenvalue weighted by Crippen LogP contribution is 2.27. The first-order valence-electron chi connectivity index (χ1n) is 5.14. The fraction of sp³-hybridized carbons (Fsp3) is 0.400. The summed E-state index contributed by atoms with van der Waals surface area (Å²) in [4.78, 5) is 13.1. The number of β-amino-alcohol motifs (C(OH)–C–C–N with tert-alkyl or cyclic N) is 2. The van der Waals surface area contributed by atoms with Gasteiger partial charge in [-0.15, -0.1) is 0 Å². The molecule has 1 aliphatic heterocycles. The number of fused-ring (bicyclic) bond motifs is 1. The second-order valence-electron chi connectivity index (χ2n) is 4.00. The lowest BCUT2D eigenvalue weighted by atomic mass is 10.3. The van der Waals surface area contributed by atoms with Crippen LogP contribution in [0.5, 0.6) is 0 Å². The van der Waals surface area contributed by atoms with E-state index < -0.39 is 12.2 Å². The summed E-state index contributed by atoms with van der Waals surface area (Å²) in [6, 6.07) is 0. The lowest BCUT2D eigenvalue weighted by Gasteiger charge is -2.15. The molecule has 2 aromatic heterocycles. The summed E-state index contributed by atoms with van der Waals surface area (Å²) in [5, 5.41) is 19.0. The van der Waals surface area contributed by atoms with E-state index in [2.05, 4.69) is 15.0 Å². The first-order chi connectivity index (χ1) is 7.75. The number of aromatic amines is 1. The minimum Gasteiger partial charge on any atom is -0.389 e. The molecule has 0 spiro atoms. The van der Waals surface area contributed by atoms with E-state index in [-0.39, 0.29) is 0 Å². The Kier molecular flexibility index (Phi) is 2.05. The second-order valence-corrected chi connectivity index (χ2v) is 4.00. The normalized spacial score (nSPS) is 25.5. The van der Waals surface area contributed by atoms with Gasteiger partial charge < -0.3 is 20.1 Å². The van der Waals surface area contributed by atoms with Crippen molar-refractivity contribution in [3.63, 3.8) is 0 Å². The van der Waals surface area contributed by atoms with Gasteiger partial charge in [0.05, 0.1) is 29.6 Å². The zero-order chi connectivity index (χ0) is 11.1. The number of anilines is 1. The maximum absolute atomic E-state index is 9.50. The number of nitrogens with zero attached hydrogens (tertiary/aromatic N) is 3. The third kappa shape index (κ3) is 1.35. The number of H-pyrrole nitrogens is 1. The molecule has 2 atom stereocenters. The van der Waals surface area contributed by atoms with Crippen LogP contribution in [0.25, 0.3) is 11.0 Å². The third-order valence-electron chi connectivity index (χ3n) is 2.92. The van der Waals surface area contributed by atoms with Crippen molar-refractivity contribution in [2.75, 3.05) is 18.0 Å². The molecule has 0 aliphatic carbocycles. The first kappa shape index (κ1) is 9.56. The topological polar surface area (TPSA) is 85.3 Å². The van der Waals surface area contributed by atoms with E-state index in [0.29, 0.717) is 13.1 Å². The van der Waals surface area contributed by atoms with Crippen molar-refractivity contribution in [3.05, 3.63) is 18.7 Å². The molecule has 6 heteroatoms. The fourth-order valence-corrected chi connectivity index (χ4v) is 2.06. The van der Waals surface area contributed by atoms with Crippen molar-refractivity contribution < 1.29 is 10.2 Å². The highest BCUT2D eigenvalue weighted by Gasteiger charge is 2.30. The highest BCUT2D eigenvalue weighted by molar-refractivity contribution is 5.88. The summed E-state index contributed by atoms with van der Waals surface area (Å²) in [6.07, 6.45) is 3.64. The Balaban J connectivity index is 2.01. The van der Waals surface area contributed by atoms with E-state index in [4.69, 9.17) is 0 Å². The number of aromatic nitrogens is 3. The van der Waals surface area contributed by atoms with Crippen molar-refractivity contribution in [2.45, 2.75) is 12.2 Å². The summed E-state index contributed by atoms with van der Waals surface area (Å²) in [5.74, 6) is 0. The molecule has 6 nitrogen and oxygen atoms in total. The molecule has 1 saturated heterocycles. The van der Waals surface area contributed by atoms with Gasteiger partial charge in [0.1, 0.15) is 11.8 Å². The highest BCUT2D eigenvalue weighted by atomic mass is 16.3. The van der Waals surface area contributed by atoms with Gasteiger partial charge >= 0.3 is 0 Å². The molecule has 0 radical (unpaired) electrons. The molecule has 3 rings (SSSR count). The molecule has 16 heavy (non-hydrogen) atoms. The van der Waals surface area contributed by atoms with Gasteiger partial charge in [0.2, 0.25) is 0 Å². The van der Waals surface area contributed by atoms with Gasteiger partial charge in [-0.25, -0.2) is 9.97 Å². The molecule has 0 bridgehead atoms. The van der Waals surface area contributed by atoms with E-state index in [1.165, 1.54) is 6.33 Å². The predicted molar refractivity (Wildman–Crippen MR) is 58.1 cm³/mol. The van der Waals surface area contributed by atoms with Crippen LogP contribution in [0.15, 0.2) is 18.7 Å². The first-order valence-corrected chi connectivity index (χ1v) is 5.14.